The van der Waals surface area contributed by atoms with E-state index < -0.39 is 57.9 Å². The van der Waals surface area contributed by atoms with Crippen LogP contribution in [0.2, 0.25) is 5.02 Å². The molecule has 1 atom stereocenters. The fourth-order valence-corrected chi connectivity index (χ4v) is 4.90. The molecule has 0 aliphatic heterocycles. The van der Waals surface area contributed by atoms with Crippen LogP contribution in [0.1, 0.15) is 12.0 Å². The Morgan fingerprint density at radius 3 is 2.42 bits per heavy atom. The fraction of sp³-hybridized carbons (Fsp3) is 0.227. The zero-order valence-corrected chi connectivity index (χ0v) is 21.0. The van der Waals surface area contributed by atoms with Crippen molar-refractivity contribution in [3.63, 3.8) is 0 Å². The number of hydrogen-bond acceptors (Lipinski definition) is 7. The number of carbonyl (C=O) groups excluding carboxylic acids is 1. The molecule has 3 N–H and O–H groups in total. The van der Waals surface area contributed by atoms with Crippen molar-refractivity contribution in [2.24, 2.45) is 0 Å². The normalized spacial score (nSPS) is 12.8. The molecule has 3 rings (SSSR count). The molecular weight excluding hydrogens is 557 g/mol. The minimum atomic E-state index is -5.06. The number of aromatic nitrogens is 2. The van der Waals surface area contributed by atoms with Gasteiger partial charge in [-0.2, -0.15) is 17.5 Å². The molecule has 1 amide bonds. The van der Waals surface area contributed by atoms with Crippen molar-refractivity contribution in [2.75, 3.05) is 7.05 Å². The average Bonchev–Trinajstić information content (AvgIpc) is 2.84. The fourth-order valence-electron chi connectivity index (χ4n) is 3.37. The van der Waals surface area contributed by atoms with Crippen LogP contribution in [0.15, 0.2) is 69.2 Å². The van der Waals surface area contributed by atoms with Crippen molar-refractivity contribution in [3.05, 3.63) is 86.2 Å². The van der Waals surface area contributed by atoms with Crippen molar-refractivity contribution in [3.8, 4) is 11.5 Å². The second-order valence-electron chi connectivity index (χ2n) is 7.83. The summed E-state index contributed by atoms with van der Waals surface area (Å²) in [5.41, 5.74) is -3.20. The van der Waals surface area contributed by atoms with Crippen LogP contribution in [0.3, 0.4) is 0 Å². The molecule has 0 saturated carbocycles. The summed E-state index contributed by atoms with van der Waals surface area (Å²) in [6.45, 7) is -0.608. The van der Waals surface area contributed by atoms with Gasteiger partial charge >= 0.3 is 11.9 Å². The third-order valence-corrected chi connectivity index (χ3v) is 7.46. The van der Waals surface area contributed by atoms with Gasteiger partial charge in [0.25, 0.3) is 11.5 Å². The number of halogens is 4. The SMILES string of the molecule is CN(C(CCn1cc(C(F)(F)F)c(=O)[nH]c1=O)C(=O)NO)S(=O)(=O)c1ccc(Oc2cccc(Cl)c2)cc1. The van der Waals surface area contributed by atoms with Gasteiger partial charge in [-0.05, 0) is 48.9 Å². The maximum Gasteiger partial charge on any atom is 0.423 e. The second-order valence-corrected chi connectivity index (χ2v) is 10.3. The predicted octanol–water partition coefficient (Wildman–Crippen LogP) is 2.59. The van der Waals surface area contributed by atoms with E-state index in [1.165, 1.54) is 34.7 Å². The third-order valence-electron chi connectivity index (χ3n) is 5.34. The topological polar surface area (TPSA) is 151 Å². The first-order chi connectivity index (χ1) is 17.7. The van der Waals surface area contributed by atoms with Crippen molar-refractivity contribution in [1.29, 1.82) is 0 Å². The van der Waals surface area contributed by atoms with E-state index in [0.717, 1.165) is 7.05 Å². The number of H-pyrrole nitrogens is 1. The first-order valence-corrected chi connectivity index (χ1v) is 12.4. The number of aromatic amines is 1. The van der Waals surface area contributed by atoms with Gasteiger partial charge in [0.2, 0.25) is 10.0 Å². The Balaban J connectivity index is 1.83. The smallest absolute Gasteiger partial charge is 0.423 e. The summed E-state index contributed by atoms with van der Waals surface area (Å²) in [6, 6.07) is 9.91. The molecule has 204 valence electrons. The monoisotopic (exact) mass is 576 g/mol. The van der Waals surface area contributed by atoms with Gasteiger partial charge in [0.15, 0.2) is 0 Å². The summed E-state index contributed by atoms with van der Waals surface area (Å²) in [5.74, 6) is -0.530. The number of amides is 1. The molecule has 0 bridgehead atoms. The zero-order chi connectivity index (χ0) is 28.3. The van der Waals surface area contributed by atoms with Crippen LogP contribution in [-0.2, 0) is 27.5 Å². The minimum absolute atomic E-state index is 0.266. The molecule has 1 unspecified atom stereocenters. The summed E-state index contributed by atoms with van der Waals surface area (Å²) in [5, 5.41) is 9.54. The quantitative estimate of drug-likeness (QED) is 0.262. The Hall–Kier alpha value is -3.66. The Bertz CT molecular complexity index is 1540. The van der Waals surface area contributed by atoms with Gasteiger partial charge in [-0.1, -0.05) is 17.7 Å². The first-order valence-electron chi connectivity index (χ1n) is 10.6. The molecule has 2 aromatic carbocycles. The van der Waals surface area contributed by atoms with E-state index in [-0.39, 0.29) is 16.8 Å². The lowest BCUT2D eigenvalue weighted by Gasteiger charge is -2.26. The lowest BCUT2D eigenvalue weighted by molar-refractivity contribution is -0.139. The van der Waals surface area contributed by atoms with E-state index in [1.54, 1.807) is 24.3 Å². The number of aryl methyl sites for hydroxylation is 1. The maximum absolute atomic E-state index is 13.2. The summed E-state index contributed by atoms with van der Waals surface area (Å²) in [7, 11) is -3.37. The number of likely N-dealkylation sites (N-methyl/N-ethyl adjacent to an activating group) is 1. The second kappa shape index (κ2) is 11.4. The molecule has 0 radical (unpaired) electrons. The number of sulfonamides is 1. The maximum atomic E-state index is 13.2. The van der Waals surface area contributed by atoms with Gasteiger partial charge in [-0.15, -0.1) is 0 Å². The van der Waals surface area contributed by atoms with Crippen LogP contribution in [0, 0.1) is 0 Å². The minimum Gasteiger partial charge on any atom is -0.457 e. The number of nitrogens with one attached hydrogen (secondary N) is 2. The first kappa shape index (κ1) is 28.9. The van der Waals surface area contributed by atoms with Crippen LogP contribution in [0.25, 0.3) is 0 Å². The van der Waals surface area contributed by atoms with Crippen molar-refractivity contribution < 1.29 is 36.3 Å². The Morgan fingerprint density at radius 2 is 1.84 bits per heavy atom. The van der Waals surface area contributed by atoms with Crippen LogP contribution < -0.4 is 21.5 Å². The largest absolute Gasteiger partial charge is 0.457 e. The highest BCUT2D eigenvalue weighted by Crippen LogP contribution is 2.27. The van der Waals surface area contributed by atoms with Crippen molar-refractivity contribution in [1.82, 2.24) is 19.3 Å². The molecule has 0 fully saturated rings. The van der Waals surface area contributed by atoms with E-state index in [0.29, 0.717) is 19.6 Å². The van der Waals surface area contributed by atoms with Crippen LogP contribution >= 0.6 is 11.6 Å². The number of carbonyl (C=O) groups is 1. The van der Waals surface area contributed by atoms with Crippen molar-refractivity contribution in [2.45, 2.75) is 30.1 Å². The number of nitrogens with zero attached hydrogens (tertiary/aromatic N) is 2. The number of benzene rings is 2. The number of rotatable bonds is 9. The number of alkyl halides is 3. The molecule has 0 aliphatic carbocycles. The lowest BCUT2D eigenvalue weighted by atomic mass is 10.2. The van der Waals surface area contributed by atoms with E-state index >= 15 is 0 Å². The Labute approximate surface area is 218 Å². The van der Waals surface area contributed by atoms with Crippen LogP contribution in [0.4, 0.5) is 13.2 Å². The summed E-state index contributed by atoms with van der Waals surface area (Å²) < 4.78 is 72.1. The van der Waals surface area contributed by atoms with Gasteiger partial charge < -0.3 is 4.74 Å². The number of ether oxygens (including phenoxy) is 1. The highest BCUT2D eigenvalue weighted by atomic mass is 35.5. The highest BCUT2D eigenvalue weighted by Gasteiger charge is 2.36. The summed E-state index contributed by atoms with van der Waals surface area (Å²) in [6.07, 6.45) is -5.34. The molecule has 0 spiro atoms. The molecule has 11 nitrogen and oxygen atoms in total. The van der Waals surface area contributed by atoms with Gasteiger partial charge in [0, 0.05) is 24.8 Å². The molecule has 1 heterocycles. The average molecular weight is 577 g/mol. The molecule has 38 heavy (non-hydrogen) atoms. The van der Waals surface area contributed by atoms with E-state index in [2.05, 4.69) is 0 Å². The highest BCUT2D eigenvalue weighted by molar-refractivity contribution is 7.89. The van der Waals surface area contributed by atoms with E-state index in [1.807, 2.05) is 0 Å². The third kappa shape index (κ3) is 6.61. The Kier molecular flexibility index (Phi) is 8.66. The number of hydrogen-bond donors (Lipinski definition) is 3. The van der Waals surface area contributed by atoms with Crippen LogP contribution in [-0.4, -0.2) is 46.5 Å². The van der Waals surface area contributed by atoms with Gasteiger partial charge in [-0.3, -0.25) is 24.3 Å². The molecule has 0 saturated heterocycles. The van der Waals surface area contributed by atoms with Gasteiger partial charge in [0.05, 0.1) is 4.90 Å². The Morgan fingerprint density at radius 1 is 1.18 bits per heavy atom. The standard InChI is InChI=1S/C22H20ClF3N4O7S/c1-29(38(35,36)16-7-5-14(6-8-16)37-15-4-2-3-13(23)11-15)18(20(32)28-34)9-10-30-12-17(22(24,25)26)19(31)27-21(30)33/h2-8,11-12,18,34H,9-10H2,1H3,(H,28,32)(H,27,31,33). The van der Waals surface area contributed by atoms with E-state index in [4.69, 9.17) is 21.5 Å². The summed E-state index contributed by atoms with van der Waals surface area (Å²) in [4.78, 5) is 37.0. The molecule has 3 aromatic rings. The summed E-state index contributed by atoms with van der Waals surface area (Å²) >= 11 is 5.91. The molecule has 16 heteroatoms. The molecule has 1 aromatic heterocycles. The van der Waals surface area contributed by atoms with Gasteiger partial charge in [-0.25, -0.2) is 18.7 Å². The van der Waals surface area contributed by atoms with Crippen molar-refractivity contribution >= 4 is 27.5 Å². The van der Waals surface area contributed by atoms with Gasteiger partial charge in [0.1, 0.15) is 23.1 Å². The van der Waals surface area contributed by atoms with Crippen LogP contribution in [0.5, 0.6) is 11.5 Å². The molecule has 0 aliphatic rings. The zero-order valence-electron chi connectivity index (χ0n) is 19.4. The van der Waals surface area contributed by atoms with E-state index in [9.17, 15) is 36.0 Å². The predicted molar refractivity (Wildman–Crippen MR) is 128 cm³/mol. The molecular formula is C22H20ClF3N4O7S. The number of hydroxylamine groups is 1. The lowest BCUT2D eigenvalue weighted by Crippen LogP contribution is -2.47.